The number of rotatable bonds is 4. The van der Waals surface area contributed by atoms with E-state index in [4.69, 9.17) is 10.2 Å². The molecule has 0 aliphatic carbocycles. The predicted molar refractivity (Wildman–Crippen MR) is 95.4 cm³/mol. The van der Waals surface area contributed by atoms with Crippen molar-refractivity contribution in [3.8, 4) is 5.75 Å². The maximum absolute atomic E-state index is 10.3. The standard InChI is InChI=1S/C14H14.C7H6O3/c1-3-7-13(8-4-1)11-12-14-9-5-2-6-10-14;8-6-4-2-1-3-5(6)7(9)10/h1-10H,11-12H2;1-4,8H,(H,9,10). The second-order valence-corrected chi connectivity index (χ2v) is 5.29. The van der Waals surface area contributed by atoms with Gasteiger partial charge in [-0.05, 0) is 36.1 Å². The molecule has 3 rings (SSSR count). The fraction of sp³-hybridized carbons (Fsp3) is 0.0952. The summed E-state index contributed by atoms with van der Waals surface area (Å²) in [5.74, 6) is -1.31. The normalized spacial score (nSPS) is 9.67. The van der Waals surface area contributed by atoms with Crippen molar-refractivity contribution in [2.45, 2.75) is 12.8 Å². The van der Waals surface area contributed by atoms with Gasteiger partial charge in [-0.3, -0.25) is 0 Å². The van der Waals surface area contributed by atoms with Crippen LogP contribution in [-0.2, 0) is 12.8 Å². The molecular formula is C21H20O3. The molecule has 0 aliphatic heterocycles. The summed E-state index contributed by atoms with van der Waals surface area (Å²) in [7, 11) is 0. The predicted octanol–water partition coefficient (Wildman–Crippen LogP) is 4.56. The molecule has 0 aromatic heterocycles. The Balaban J connectivity index is 0.000000185. The van der Waals surface area contributed by atoms with Crippen LogP contribution in [-0.4, -0.2) is 16.2 Å². The molecule has 0 saturated heterocycles. The molecule has 0 spiro atoms. The Morgan fingerprint density at radius 2 is 1.08 bits per heavy atom. The number of aromatic hydroxyl groups is 1. The number of carboxylic acids is 1. The number of aryl methyl sites for hydroxylation is 2. The van der Waals surface area contributed by atoms with E-state index in [-0.39, 0.29) is 11.3 Å². The monoisotopic (exact) mass is 320 g/mol. The van der Waals surface area contributed by atoms with Crippen LogP contribution in [0.3, 0.4) is 0 Å². The molecule has 0 bridgehead atoms. The fourth-order valence-electron chi connectivity index (χ4n) is 2.23. The van der Waals surface area contributed by atoms with Crippen LogP contribution in [0.15, 0.2) is 84.9 Å². The van der Waals surface area contributed by atoms with Crippen LogP contribution in [0.1, 0.15) is 21.5 Å². The highest BCUT2D eigenvalue weighted by atomic mass is 16.4. The average molecular weight is 320 g/mol. The van der Waals surface area contributed by atoms with Gasteiger partial charge in [0.25, 0.3) is 0 Å². The fourth-order valence-corrected chi connectivity index (χ4v) is 2.23. The molecule has 0 fully saturated rings. The minimum absolute atomic E-state index is 0.0671. The van der Waals surface area contributed by atoms with Crippen LogP contribution < -0.4 is 0 Å². The first-order chi connectivity index (χ1) is 11.7. The largest absolute Gasteiger partial charge is 0.507 e. The quantitative estimate of drug-likeness (QED) is 0.741. The number of carbonyl (C=O) groups is 1. The number of hydrogen-bond acceptors (Lipinski definition) is 2. The lowest BCUT2D eigenvalue weighted by Gasteiger charge is -2.01. The van der Waals surface area contributed by atoms with E-state index in [1.165, 1.54) is 23.3 Å². The molecular weight excluding hydrogens is 300 g/mol. The molecule has 0 saturated carbocycles. The minimum Gasteiger partial charge on any atom is -0.507 e. The highest BCUT2D eigenvalue weighted by molar-refractivity contribution is 5.90. The molecule has 0 unspecified atom stereocenters. The maximum Gasteiger partial charge on any atom is 0.339 e. The van der Waals surface area contributed by atoms with E-state index in [9.17, 15) is 4.79 Å². The van der Waals surface area contributed by atoms with Gasteiger partial charge in [-0.15, -0.1) is 0 Å². The second-order valence-electron chi connectivity index (χ2n) is 5.29. The smallest absolute Gasteiger partial charge is 0.339 e. The number of benzene rings is 3. The van der Waals surface area contributed by atoms with Crippen molar-refractivity contribution in [1.29, 1.82) is 0 Å². The van der Waals surface area contributed by atoms with Crippen molar-refractivity contribution in [1.82, 2.24) is 0 Å². The Morgan fingerprint density at radius 3 is 1.46 bits per heavy atom. The third-order valence-electron chi connectivity index (χ3n) is 3.52. The number of hydrogen-bond donors (Lipinski definition) is 2. The van der Waals surface area contributed by atoms with Gasteiger partial charge in [0.2, 0.25) is 0 Å². The van der Waals surface area contributed by atoms with Crippen molar-refractivity contribution in [2.24, 2.45) is 0 Å². The Labute approximate surface area is 141 Å². The first kappa shape index (κ1) is 17.3. The van der Waals surface area contributed by atoms with Crippen LogP contribution >= 0.6 is 0 Å². The van der Waals surface area contributed by atoms with Crippen molar-refractivity contribution in [2.75, 3.05) is 0 Å². The van der Waals surface area contributed by atoms with E-state index in [0.717, 1.165) is 12.8 Å². The third kappa shape index (κ3) is 5.61. The first-order valence-corrected chi connectivity index (χ1v) is 7.76. The molecule has 3 aromatic rings. The number of carboxylic acid groups (broad SMARTS) is 1. The topological polar surface area (TPSA) is 57.5 Å². The summed E-state index contributed by atoms with van der Waals surface area (Å²) in [5, 5.41) is 17.3. The van der Waals surface area contributed by atoms with Gasteiger partial charge >= 0.3 is 5.97 Å². The van der Waals surface area contributed by atoms with Gasteiger partial charge in [0, 0.05) is 0 Å². The molecule has 0 radical (unpaired) electrons. The van der Waals surface area contributed by atoms with Crippen molar-refractivity contribution in [3.63, 3.8) is 0 Å². The summed E-state index contributed by atoms with van der Waals surface area (Å²) < 4.78 is 0. The molecule has 2 N–H and O–H groups in total. The zero-order valence-electron chi connectivity index (χ0n) is 13.3. The molecule has 0 heterocycles. The summed E-state index contributed by atoms with van der Waals surface area (Å²) in [4.78, 5) is 10.3. The number of phenols is 1. The van der Waals surface area contributed by atoms with Gasteiger partial charge in [0.05, 0.1) is 0 Å². The van der Waals surface area contributed by atoms with Crippen molar-refractivity contribution >= 4 is 5.97 Å². The van der Waals surface area contributed by atoms with Crippen molar-refractivity contribution < 1.29 is 15.0 Å². The summed E-state index contributed by atoms with van der Waals surface area (Å²) >= 11 is 0. The van der Waals surface area contributed by atoms with Crippen LogP contribution in [0.25, 0.3) is 0 Å². The molecule has 24 heavy (non-hydrogen) atoms. The zero-order chi connectivity index (χ0) is 17.2. The lowest BCUT2D eigenvalue weighted by Crippen LogP contribution is -1.95. The Morgan fingerprint density at radius 1 is 0.667 bits per heavy atom. The number of aromatic carboxylic acids is 1. The lowest BCUT2D eigenvalue weighted by molar-refractivity contribution is 0.0693. The van der Waals surface area contributed by atoms with E-state index in [1.807, 2.05) is 0 Å². The van der Waals surface area contributed by atoms with Crippen LogP contribution in [0.4, 0.5) is 0 Å². The average Bonchev–Trinajstić information content (AvgIpc) is 2.62. The molecule has 3 heteroatoms. The molecule has 3 aromatic carbocycles. The lowest BCUT2D eigenvalue weighted by atomic mass is 10.0. The first-order valence-electron chi connectivity index (χ1n) is 7.76. The Hall–Kier alpha value is -3.07. The molecule has 0 aliphatic rings. The SMILES string of the molecule is O=C(O)c1ccccc1O.c1ccc(CCc2ccccc2)cc1. The molecule has 122 valence electrons. The van der Waals surface area contributed by atoms with Gasteiger partial charge in [-0.2, -0.15) is 0 Å². The third-order valence-corrected chi connectivity index (χ3v) is 3.52. The van der Waals surface area contributed by atoms with Gasteiger partial charge in [-0.25, -0.2) is 4.79 Å². The van der Waals surface area contributed by atoms with E-state index in [2.05, 4.69) is 60.7 Å². The highest BCUT2D eigenvalue weighted by Crippen LogP contribution is 2.14. The van der Waals surface area contributed by atoms with Gasteiger partial charge < -0.3 is 10.2 Å². The summed E-state index contributed by atoms with van der Waals surface area (Å²) in [6, 6.07) is 27.1. The van der Waals surface area contributed by atoms with Gasteiger partial charge in [-0.1, -0.05) is 72.8 Å². The molecule has 0 atom stereocenters. The van der Waals surface area contributed by atoms with Crippen LogP contribution in [0.2, 0.25) is 0 Å². The van der Waals surface area contributed by atoms with Crippen LogP contribution in [0, 0.1) is 0 Å². The minimum atomic E-state index is -1.11. The Kier molecular flexibility index (Phi) is 6.59. The Bertz CT molecular complexity index is 713. The van der Waals surface area contributed by atoms with Crippen LogP contribution in [0.5, 0.6) is 5.75 Å². The van der Waals surface area contributed by atoms with E-state index in [0.29, 0.717) is 0 Å². The van der Waals surface area contributed by atoms with E-state index >= 15 is 0 Å². The number of para-hydroxylation sites is 1. The van der Waals surface area contributed by atoms with Gasteiger partial charge in [0.15, 0.2) is 0 Å². The summed E-state index contributed by atoms with van der Waals surface area (Å²) in [6.45, 7) is 0. The second kappa shape index (κ2) is 9.16. The summed E-state index contributed by atoms with van der Waals surface area (Å²) in [5.41, 5.74) is 2.76. The molecule has 0 amide bonds. The van der Waals surface area contributed by atoms with Crippen molar-refractivity contribution in [3.05, 3.63) is 102 Å². The van der Waals surface area contributed by atoms with E-state index in [1.54, 1.807) is 12.1 Å². The summed E-state index contributed by atoms with van der Waals surface area (Å²) in [6.07, 6.45) is 2.26. The molecule has 3 nitrogen and oxygen atoms in total. The highest BCUT2D eigenvalue weighted by Gasteiger charge is 2.05. The van der Waals surface area contributed by atoms with E-state index < -0.39 is 5.97 Å². The van der Waals surface area contributed by atoms with Gasteiger partial charge in [0.1, 0.15) is 11.3 Å². The maximum atomic E-state index is 10.3. The zero-order valence-corrected chi connectivity index (χ0v) is 13.3.